The van der Waals surface area contributed by atoms with E-state index < -0.39 is 0 Å². The van der Waals surface area contributed by atoms with E-state index in [-0.39, 0.29) is 11.9 Å². The summed E-state index contributed by atoms with van der Waals surface area (Å²) in [7, 11) is 0. The maximum Gasteiger partial charge on any atom is 0.273 e. The molecular weight excluding hydrogens is 316 g/mol. The highest BCUT2D eigenvalue weighted by atomic mass is 16.3. The molecule has 1 fully saturated rings. The quantitative estimate of drug-likeness (QED) is 0.734. The summed E-state index contributed by atoms with van der Waals surface area (Å²) in [6.45, 7) is 2.92. The van der Waals surface area contributed by atoms with Crippen LogP contribution in [0.2, 0.25) is 0 Å². The maximum absolute atomic E-state index is 13.1. The Kier molecular flexibility index (Phi) is 4.09. The number of likely N-dealkylation sites (tertiary alicyclic amines) is 1. The molecule has 0 radical (unpaired) electrons. The van der Waals surface area contributed by atoms with Crippen LogP contribution in [0.4, 0.5) is 0 Å². The van der Waals surface area contributed by atoms with Crippen molar-refractivity contribution in [1.82, 2.24) is 19.7 Å². The smallest absolute Gasteiger partial charge is 0.273 e. The molecule has 1 amide bonds. The zero-order chi connectivity index (χ0) is 17.2. The molecule has 3 aromatic heterocycles. The van der Waals surface area contributed by atoms with Crippen LogP contribution >= 0.6 is 0 Å². The van der Waals surface area contributed by atoms with E-state index in [9.17, 15) is 4.79 Å². The second kappa shape index (κ2) is 6.55. The SMILES string of the molecule is CC1CCN(C(=O)c2cc(-n3cccn3)ccn2)C(c2ccco2)C1. The summed E-state index contributed by atoms with van der Waals surface area (Å²) in [6, 6.07) is 9.24. The van der Waals surface area contributed by atoms with Crippen molar-refractivity contribution in [3.63, 3.8) is 0 Å². The fourth-order valence-corrected chi connectivity index (χ4v) is 3.38. The van der Waals surface area contributed by atoms with Crippen molar-refractivity contribution in [1.29, 1.82) is 0 Å². The predicted octanol–water partition coefficient (Wildman–Crippen LogP) is 3.47. The molecule has 0 bridgehead atoms. The summed E-state index contributed by atoms with van der Waals surface area (Å²) < 4.78 is 7.31. The Labute approximate surface area is 146 Å². The average molecular weight is 336 g/mol. The van der Waals surface area contributed by atoms with Gasteiger partial charge in [0.05, 0.1) is 18.0 Å². The third kappa shape index (κ3) is 3.07. The predicted molar refractivity (Wildman–Crippen MR) is 92.2 cm³/mol. The molecule has 4 heterocycles. The molecule has 0 aromatic carbocycles. The van der Waals surface area contributed by atoms with E-state index in [1.807, 2.05) is 35.4 Å². The van der Waals surface area contributed by atoms with Gasteiger partial charge in [-0.15, -0.1) is 0 Å². The summed E-state index contributed by atoms with van der Waals surface area (Å²) in [5, 5.41) is 4.21. The lowest BCUT2D eigenvalue weighted by Gasteiger charge is -2.37. The lowest BCUT2D eigenvalue weighted by atomic mass is 9.91. The van der Waals surface area contributed by atoms with Crippen LogP contribution in [0.15, 0.2) is 59.6 Å². The van der Waals surface area contributed by atoms with Gasteiger partial charge in [-0.3, -0.25) is 9.78 Å². The van der Waals surface area contributed by atoms with Crippen molar-refractivity contribution >= 4 is 5.91 Å². The van der Waals surface area contributed by atoms with Crippen molar-refractivity contribution < 1.29 is 9.21 Å². The molecule has 6 nitrogen and oxygen atoms in total. The number of carbonyl (C=O) groups excluding carboxylic acids is 1. The van der Waals surface area contributed by atoms with Gasteiger partial charge in [0.2, 0.25) is 0 Å². The molecule has 2 atom stereocenters. The molecule has 128 valence electrons. The second-order valence-electron chi connectivity index (χ2n) is 6.51. The van der Waals surface area contributed by atoms with Crippen molar-refractivity contribution in [2.24, 2.45) is 5.92 Å². The summed E-state index contributed by atoms with van der Waals surface area (Å²) in [4.78, 5) is 19.3. The number of nitrogens with zero attached hydrogens (tertiary/aromatic N) is 4. The average Bonchev–Trinajstić information content (AvgIpc) is 3.35. The Morgan fingerprint density at radius 1 is 1.28 bits per heavy atom. The number of furan rings is 1. The van der Waals surface area contributed by atoms with Crippen molar-refractivity contribution in [2.45, 2.75) is 25.8 Å². The molecule has 0 spiro atoms. The Morgan fingerprint density at radius 3 is 2.96 bits per heavy atom. The lowest BCUT2D eigenvalue weighted by Crippen LogP contribution is -2.40. The molecule has 1 aliphatic heterocycles. The van der Waals surface area contributed by atoms with Gasteiger partial charge < -0.3 is 9.32 Å². The van der Waals surface area contributed by atoms with E-state index >= 15 is 0 Å². The topological polar surface area (TPSA) is 64.2 Å². The summed E-state index contributed by atoms with van der Waals surface area (Å²) in [5.74, 6) is 1.33. The fourth-order valence-electron chi connectivity index (χ4n) is 3.38. The third-order valence-electron chi connectivity index (χ3n) is 4.73. The zero-order valence-electron chi connectivity index (χ0n) is 14.1. The number of hydrogen-bond acceptors (Lipinski definition) is 4. The van der Waals surface area contributed by atoms with Crippen molar-refractivity contribution in [2.75, 3.05) is 6.54 Å². The van der Waals surface area contributed by atoms with Gasteiger partial charge in [0.1, 0.15) is 11.5 Å². The monoisotopic (exact) mass is 336 g/mol. The minimum absolute atomic E-state index is 0.0404. The van der Waals surface area contributed by atoms with E-state index in [0.717, 1.165) is 24.3 Å². The molecule has 0 aliphatic carbocycles. The molecule has 0 saturated carbocycles. The van der Waals surface area contributed by atoms with E-state index in [1.54, 1.807) is 29.4 Å². The summed E-state index contributed by atoms with van der Waals surface area (Å²) in [5.41, 5.74) is 1.25. The first-order valence-electron chi connectivity index (χ1n) is 8.53. The van der Waals surface area contributed by atoms with Gasteiger partial charge in [0, 0.05) is 25.1 Å². The van der Waals surface area contributed by atoms with Gasteiger partial charge in [-0.1, -0.05) is 6.92 Å². The standard InChI is InChI=1S/C19H20N4O2/c1-14-6-10-22(17(12-14)18-4-2-11-25-18)19(24)16-13-15(5-8-20-16)23-9-3-7-21-23/h2-5,7-9,11,13-14,17H,6,10,12H2,1H3. The largest absolute Gasteiger partial charge is 0.467 e. The van der Waals surface area contributed by atoms with Gasteiger partial charge in [0.25, 0.3) is 5.91 Å². The van der Waals surface area contributed by atoms with Crippen molar-refractivity contribution in [3.8, 4) is 5.69 Å². The Morgan fingerprint density at radius 2 is 2.20 bits per heavy atom. The molecule has 2 unspecified atom stereocenters. The van der Waals surface area contributed by atoms with E-state index in [2.05, 4.69) is 17.0 Å². The van der Waals surface area contributed by atoms with Gasteiger partial charge in [-0.2, -0.15) is 5.10 Å². The Balaban J connectivity index is 1.64. The molecule has 0 N–H and O–H groups in total. The number of amides is 1. The first-order valence-corrected chi connectivity index (χ1v) is 8.53. The van der Waals surface area contributed by atoms with Crippen LogP contribution in [0.25, 0.3) is 5.69 Å². The van der Waals surface area contributed by atoms with Crippen LogP contribution in [-0.4, -0.2) is 32.1 Å². The van der Waals surface area contributed by atoms with Gasteiger partial charge in [0.15, 0.2) is 0 Å². The van der Waals surface area contributed by atoms with Gasteiger partial charge in [-0.25, -0.2) is 4.68 Å². The molecule has 1 aliphatic rings. The highest BCUT2D eigenvalue weighted by Gasteiger charge is 2.33. The maximum atomic E-state index is 13.1. The molecule has 25 heavy (non-hydrogen) atoms. The molecular formula is C19H20N4O2. The van der Waals surface area contributed by atoms with Crippen LogP contribution < -0.4 is 0 Å². The summed E-state index contributed by atoms with van der Waals surface area (Å²) >= 11 is 0. The van der Waals surface area contributed by atoms with E-state index in [1.165, 1.54) is 0 Å². The minimum Gasteiger partial charge on any atom is -0.467 e. The van der Waals surface area contributed by atoms with Gasteiger partial charge >= 0.3 is 0 Å². The molecule has 3 aromatic rings. The minimum atomic E-state index is -0.0673. The first-order chi connectivity index (χ1) is 12.2. The number of aromatic nitrogens is 3. The molecule has 1 saturated heterocycles. The lowest BCUT2D eigenvalue weighted by molar-refractivity contribution is 0.0515. The highest BCUT2D eigenvalue weighted by molar-refractivity contribution is 5.93. The third-order valence-corrected chi connectivity index (χ3v) is 4.73. The number of hydrogen-bond donors (Lipinski definition) is 0. The number of rotatable bonds is 3. The van der Waals surface area contributed by atoms with Gasteiger partial charge in [-0.05, 0) is 49.1 Å². The summed E-state index contributed by atoms with van der Waals surface area (Å²) in [6.07, 6.45) is 8.76. The first kappa shape index (κ1) is 15.6. The normalized spacial score (nSPS) is 20.6. The molecule has 4 rings (SSSR count). The highest BCUT2D eigenvalue weighted by Crippen LogP contribution is 2.35. The van der Waals surface area contributed by atoms with Crippen LogP contribution in [0.3, 0.4) is 0 Å². The van der Waals surface area contributed by atoms with Crippen LogP contribution in [0.1, 0.15) is 42.1 Å². The van der Waals surface area contributed by atoms with E-state index in [4.69, 9.17) is 4.42 Å². The Bertz CT molecular complexity index is 842. The number of pyridine rings is 1. The van der Waals surface area contributed by atoms with Crippen LogP contribution in [-0.2, 0) is 0 Å². The fraction of sp³-hybridized carbons (Fsp3) is 0.316. The Hall–Kier alpha value is -2.89. The number of piperidine rings is 1. The molecule has 6 heteroatoms. The zero-order valence-corrected chi connectivity index (χ0v) is 14.1. The van der Waals surface area contributed by atoms with E-state index in [0.29, 0.717) is 18.2 Å². The van der Waals surface area contributed by atoms with Crippen molar-refractivity contribution in [3.05, 3.63) is 66.6 Å². The number of carbonyl (C=O) groups is 1. The van der Waals surface area contributed by atoms with Crippen LogP contribution in [0.5, 0.6) is 0 Å². The second-order valence-corrected chi connectivity index (χ2v) is 6.51. The van der Waals surface area contributed by atoms with Crippen LogP contribution in [0, 0.1) is 5.92 Å².